The Hall–Kier alpha value is -3.51. The third-order valence-electron chi connectivity index (χ3n) is 5.22. The first kappa shape index (κ1) is 22.7. The van der Waals surface area contributed by atoms with Crippen LogP contribution in [0.1, 0.15) is 12.8 Å². The minimum atomic E-state index is -3.98. The summed E-state index contributed by atoms with van der Waals surface area (Å²) >= 11 is 0. The Morgan fingerprint density at radius 1 is 1.15 bits per heavy atom. The lowest BCUT2D eigenvalue weighted by atomic mass is 10.2. The smallest absolute Gasteiger partial charge is 0.322 e. The van der Waals surface area contributed by atoms with E-state index in [0.29, 0.717) is 29.9 Å². The van der Waals surface area contributed by atoms with Crippen LogP contribution in [-0.4, -0.2) is 55.6 Å². The second-order valence-electron chi connectivity index (χ2n) is 7.20. The van der Waals surface area contributed by atoms with Gasteiger partial charge in [-0.15, -0.1) is 5.10 Å². The number of hydrogen-bond acceptors (Lipinski definition) is 8. The highest BCUT2D eigenvalue weighted by Gasteiger charge is 2.40. The largest absolute Gasteiger partial charge is 0.497 e. The summed E-state index contributed by atoms with van der Waals surface area (Å²) in [4.78, 5) is 12.8. The number of amides is 1. The van der Waals surface area contributed by atoms with Gasteiger partial charge in [-0.05, 0) is 49.2 Å². The van der Waals surface area contributed by atoms with Crippen LogP contribution in [0.3, 0.4) is 0 Å². The predicted octanol–water partition coefficient (Wildman–Crippen LogP) is 2.68. The van der Waals surface area contributed by atoms with E-state index >= 15 is 0 Å². The van der Waals surface area contributed by atoms with Crippen molar-refractivity contribution in [1.29, 1.82) is 0 Å². The molecule has 1 aliphatic heterocycles. The molecule has 0 radical (unpaired) electrons. The maximum atomic E-state index is 13.2. The Kier molecular flexibility index (Phi) is 6.29. The summed E-state index contributed by atoms with van der Waals surface area (Å²) < 4.78 is 56.3. The molecule has 1 aliphatic rings. The van der Waals surface area contributed by atoms with E-state index < -0.39 is 27.8 Å². The molecule has 3 aromatic rings. The van der Waals surface area contributed by atoms with E-state index in [1.165, 1.54) is 26.4 Å². The number of hydrogen-bond donors (Lipinski definition) is 1. The van der Waals surface area contributed by atoms with Crippen molar-refractivity contribution in [2.75, 3.05) is 26.1 Å². The standard InChI is InChI=1S/C21H21FN4O6S/c1-30-14-7-10-16(18(12-14)31-2)20-24-25-21(32-20)23-19(27)17-4-3-11-26(17)33(28,29)15-8-5-13(22)6-9-15/h5-10,12,17H,3-4,11H2,1-2H3,(H,23,25,27). The maximum absolute atomic E-state index is 13.2. The van der Waals surface area contributed by atoms with Crippen molar-refractivity contribution in [3.8, 4) is 23.0 Å². The van der Waals surface area contributed by atoms with Crippen molar-refractivity contribution in [1.82, 2.24) is 14.5 Å². The van der Waals surface area contributed by atoms with Crippen molar-refractivity contribution < 1.29 is 31.5 Å². The second kappa shape index (κ2) is 9.16. The van der Waals surface area contributed by atoms with Gasteiger partial charge in [0.1, 0.15) is 23.4 Å². The third-order valence-corrected chi connectivity index (χ3v) is 7.14. The van der Waals surface area contributed by atoms with Crippen molar-refractivity contribution in [3.05, 3.63) is 48.3 Å². The van der Waals surface area contributed by atoms with Gasteiger partial charge in [0.2, 0.25) is 15.9 Å². The lowest BCUT2D eigenvalue weighted by Gasteiger charge is -2.22. The molecule has 12 heteroatoms. The van der Waals surface area contributed by atoms with Crippen LogP contribution in [-0.2, 0) is 14.8 Å². The van der Waals surface area contributed by atoms with E-state index in [1.807, 2.05) is 0 Å². The molecule has 10 nitrogen and oxygen atoms in total. The minimum Gasteiger partial charge on any atom is -0.497 e. The monoisotopic (exact) mass is 476 g/mol. The van der Waals surface area contributed by atoms with Crippen molar-refractivity contribution >= 4 is 21.9 Å². The van der Waals surface area contributed by atoms with Crippen molar-refractivity contribution in [2.45, 2.75) is 23.8 Å². The van der Waals surface area contributed by atoms with Crippen LogP contribution < -0.4 is 14.8 Å². The van der Waals surface area contributed by atoms with Gasteiger partial charge >= 0.3 is 6.01 Å². The molecule has 2 aromatic carbocycles. The highest BCUT2D eigenvalue weighted by molar-refractivity contribution is 7.89. The number of nitrogens with one attached hydrogen (secondary N) is 1. The normalized spacial score (nSPS) is 16.5. The first-order valence-corrected chi connectivity index (χ1v) is 11.4. The molecule has 1 aromatic heterocycles. The number of benzene rings is 2. The summed E-state index contributed by atoms with van der Waals surface area (Å²) in [6.45, 7) is 0.163. The molecule has 1 fully saturated rings. The number of methoxy groups -OCH3 is 2. The lowest BCUT2D eigenvalue weighted by Crippen LogP contribution is -2.43. The number of ether oxygens (including phenoxy) is 2. The fraction of sp³-hybridized carbons (Fsp3) is 0.286. The molecule has 174 valence electrons. The zero-order chi connectivity index (χ0) is 23.6. The fourth-order valence-electron chi connectivity index (χ4n) is 3.58. The Bertz CT molecular complexity index is 1260. The van der Waals surface area contributed by atoms with Gasteiger partial charge in [-0.2, -0.15) is 4.31 Å². The predicted molar refractivity (Wildman–Crippen MR) is 115 cm³/mol. The van der Waals surface area contributed by atoms with Gasteiger partial charge in [-0.25, -0.2) is 12.8 Å². The number of rotatable bonds is 7. The van der Waals surface area contributed by atoms with Gasteiger partial charge in [-0.1, -0.05) is 5.10 Å². The molecular weight excluding hydrogens is 455 g/mol. The molecule has 1 saturated heterocycles. The van der Waals surface area contributed by atoms with E-state index in [2.05, 4.69) is 15.5 Å². The van der Waals surface area contributed by atoms with Crippen LogP contribution in [0.4, 0.5) is 10.4 Å². The topological polar surface area (TPSA) is 124 Å². The SMILES string of the molecule is COc1ccc(-c2nnc(NC(=O)C3CCCN3S(=O)(=O)c3ccc(F)cc3)o2)c(OC)c1. The van der Waals surface area contributed by atoms with Crippen LogP contribution in [0.15, 0.2) is 51.8 Å². The van der Waals surface area contributed by atoms with Crippen LogP contribution >= 0.6 is 0 Å². The molecule has 33 heavy (non-hydrogen) atoms. The summed E-state index contributed by atoms with van der Waals surface area (Å²) in [6.07, 6.45) is 0.816. The van der Waals surface area contributed by atoms with E-state index in [-0.39, 0.29) is 23.3 Å². The molecule has 0 aliphatic carbocycles. The van der Waals surface area contributed by atoms with Crippen LogP contribution in [0.5, 0.6) is 11.5 Å². The number of nitrogens with zero attached hydrogens (tertiary/aromatic N) is 3. The molecule has 0 spiro atoms. The van der Waals surface area contributed by atoms with Gasteiger partial charge in [0.15, 0.2) is 0 Å². The van der Waals surface area contributed by atoms with Gasteiger partial charge in [0.05, 0.1) is 24.7 Å². The van der Waals surface area contributed by atoms with Gasteiger partial charge in [0.25, 0.3) is 5.89 Å². The van der Waals surface area contributed by atoms with Crippen LogP contribution in [0.2, 0.25) is 0 Å². The zero-order valence-corrected chi connectivity index (χ0v) is 18.6. The summed E-state index contributed by atoms with van der Waals surface area (Å²) in [5.41, 5.74) is 0.493. The first-order chi connectivity index (χ1) is 15.8. The van der Waals surface area contributed by atoms with Gasteiger partial charge in [0, 0.05) is 12.6 Å². The molecule has 1 N–H and O–H groups in total. The van der Waals surface area contributed by atoms with Crippen LogP contribution in [0, 0.1) is 5.82 Å². The molecule has 1 amide bonds. The number of halogens is 1. The minimum absolute atomic E-state index is 0.0877. The molecule has 4 rings (SSSR count). The van der Waals surface area contributed by atoms with Gasteiger partial charge < -0.3 is 13.9 Å². The Balaban J connectivity index is 1.52. The van der Waals surface area contributed by atoms with E-state index in [9.17, 15) is 17.6 Å². The van der Waals surface area contributed by atoms with E-state index in [1.54, 1.807) is 18.2 Å². The average molecular weight is 476 g/mol. The number of carbonyl (C=O) groups is 1. The Morgan fingerprint density at radius 3 is 2.61 bits per heavy atom. The Labute approximate surface area is 189 Å². The third kappa shape index (κ3) is 4.52. The summed E-state index contributed by atoms with van der Waals surface area (Å²) in [5.74, 6) is -0.0389. The molecule has 2 heterocycles. The Morgan fingerprint density at radius 2 is 1.91 bits per heavy atom. The molecule has 0 bridgehead atoms. The number of sulfonamides is 1. The molecular formula is C21H21FN4O6S. The van der Waals surface area contributed by atoms with Crippen LogP contribution in [0.25, 0.3) is 11.5 Å². The van der Waals surface area contributed by atoms with Gasteiger partial charge in [-0.3, -0.25) is 10.1 Å². The van der Waals surface area contributed by atoms with E-state index in [0.717, 1.165) is 16.4 Å². The number of anilines is 1. The summed E-state index contributed by atoms with van der Waals surface area (Å²) in [5, 5.41) is 10.3. The second-order valence-corrected chi connectivity index (χ2v) is 9.09. The lowest BCUT2D eigenvalue weighted by molar-refractivity contribution is -0.119. The quantitative estimate of drug-likeness (QED) is 0.552. The molecule has 0 saturated carbocycles. The number of aromatic nitrogens is 2. The maximum Gasteiger partial charge on any atom is 0.322 e. The number of carbonyl (C=O) groups excluding carboxylic acids is 1. The summed E-state index contributed by atoms with van der Waals surface area (Å²) in [6, 6.07) is 8.33. The fourth-order valence-corrected chi connectivity index (χ4v) is 5.23. The first-order valence-electron chi connectivity index (χ1n) is 9.97. The zero-order valence-electron chi connectivity index (χ0n) is 17.8. The molecule has 1 atom stereocenters. The van der Waals surface area contributed by atoms with E-state index in [4.69, 9.17) is 13.9 Å². The summed E-state index contributed by atoms with van der Waals surface area (Å²) in [7, 11) is -0.980. The average Bonchev–Trinajstić information content (AvgIpc) is 3.49. The molecule has 1 unspecified atom stereocenters. The highest BCUT2D eigenvalue weighted by atomic mass is 32.2. The van der Waals surface area contributed by atoms with Crippen molar-refractivity contribution in [2.24, 2.45) is 0 Å². The highest BCUT2D eigenvalue weighted by Crippen LogP contribution is 2.33. The van der Waals surface area contributed by atoms with Crippen molar-refractivity contribution in [3.63, 3.8) is 0 Å².